The molecule has 1 saturated heterocycles. The third-order valence-corrected chi connectivity index (χ3v) is 7.21. The average molecular weight is 557 g/mol. The Balaban J connectivity index is 1.94. The number of Topliss-reactive ketones (excluding diaryl/α,β-unsaturated/α-hetero) is 1. The number of methoxy groups -OCH3 is 1. The molecule has 2 N–H and O–H groups in total. The Morgan fingerprint density at radius 2 is 1.94 bits per heavy atom. The van der Waals surface area contributed by atoms with E-state index in [1.54, 1.807) is 41.8 Å². The van der Waals surface area contributed by atoms with Crippen LogP contribution in [0.3, 0.4) is 0 Å². The van der Waals surface area contributed by atoms with Crippen molar-refractivity contribution < 1.29 is 24.5 Å². The number of halogens is 1. The smallest absolute Gasteiger partial charge is 0.295 e. The molecule has 3 aromatic rings. The van der Waals surface area contributed by atoms with Gasteiger partial charge in [0.25, 0.3) is 11.7 Å². The Morgan fingerprint density at radius 1 is 1.22 bits per heavy atom. The zero-order chi connectivity index (χ0) is 26.1. The predicted molar refractivity (Wildman–Crippen MR) is 139 cm³/mol. The number of pyridine rings is 1. The zero-order valence-electron chi connectivity index (χ0n) is 20.7. The molecule has 1 amide bonds. The number of carbonyl (C=O) groups excluding carboxylic acids is 2. The molecule has 1 atom stereocenters. The number of phenols is 1. The van der Waals surface area contributed by atoms with Crippen molar-refractivity contribution in [2.24, 2.45) is 0 Å². The van der Waals surface area contributed by atoms with E-state index in [-0.39, 0.29) is 29.4 Å². The summed E-state index contributed by atoms with van der Waals surface area (Å²) in [7, 11) is 1.42. The highest BCUT2D eigenvalue weighted by atomic mass is 79.9. The lowest BCUT2D eigenvalue weighted by Gasteiger charge is -2.28. The molecule has 0 bridgehead atoms. The molecule has 1 unspecified atom stereocenters. The fraction of sp³-hybridized carbons (Fsp3) is 0.346. The monoisotopic (exact) mass is 556 g/mol. The third kappa shape index (κ3) is 4.35. The van der Waals surface area contributed by atoms with Crippen molar-refractivity contribution in [3.05, 3.63) is 63.5 Å². The number of benzene rings is 1. The minimum Gasteiger partial charge on any atom is -0.505 e. The second-order valence-corrected chi connectivity index (χ2v) is 9.40. The number of carbonyl (C=O) groups is 2. The summed E-state index contributed by atoms with van der Waals surface area (Å²) in [6, 6.07) is 7.75. The number of amides is 1. The van der Waals surface area contributed by atoms with Gasteiger partial charge in [-0.15, -0.1) is 0 Å². The van der Waals surface area contributed by atoms with Crippen LogP contribution < -0.4 is 4.74 Å². The van der Waals surface area contributed by atoms with Gasteiger partial charge in [-0.1, -0.05) is 19.9 Å². The molecule has 0 radical (unpaired) electrons. The lowest BCUT2D eigenvalue weighted by Crippen LogP contribution is -2.38. The number of aliphatic hydroxyl groups excluding tert-OH is 1. The number of hydrogen-bond acceptors (Lipinski definition) is 7. The minimum absolute atomic E-state index is 0.0343. The van der Waals surface area contributed by atoms with E-state index in [4.69, 9.17) is 4.74 Å². The van der Waals surface area contributed by atoms with Gasteiger partial charge < -0.3 is 24.7 Å². The molecule has 10 heteroatoms. The second kappa shape index (κ2) is 10.3. The van der Waals surface area contributed by atoms with Gasteiger partial charge in [-0.3, -0.25) is 14.0 Å². The second-order valence-electron chi connectivity index (χ2n) is 8.55. The van der Waals surface area contributed by atoms with Gasteiger partial charge in [0.2, 0.25) is 0 Å². The van der Waals surface area contributed by atoms with Gasteiger partial charge in [-0.25, -0.2) is 4.98 Å². The first kappa shape index (κ1) is 25.7. The largest absolute Gasteiger partial charge is 0.505 e. The molecule has 3 heterocycles. The Bertz CT molecular complexity index is 1360. The van der Waals surface area contributed by atoms with Crippen LogP contribution in [0.2, 0.25) is 0 Å². The molecule has 1 aromatic carbocycles. The lowest BCUT2D eigenvalue weighted by molar-refractivity contribution is -0.140. The Hall–Kier alpha value is -3.37. The average Bonchev–Trinajstić information content (AvgIpc) is 3.34. The molecule has 4 rings (SSSR count). The molecule has 36 heavy (non-hydrogen) atoms. The van der Waals surface area contributed by atoms with E-state index < -0.39 is 17.7 Å². The quantitative estimate of drug-likeness (QED) is 0.246. The summed E-state index contributed by atoms with van der Waals surface area (Å²) in [5.41, 5.74) is 1.97. The molecule has 9 nitrogen and oxygen atoms in total. The number of aromatic hydroxyl groups is 1. The first-order chi connectivity index (χ1) is 17.2. The number of nitrogens with zero attached hydrogens (tertiary/aromatic N) is 4. The van der Waals surface area contributed by atoms with Gasteiger partial charge >= 0.3 is 0 Å². The van der Waals surface area contributed by atoms with E-state index >= 15 is 0 Å². The van der Waals surface area contributed by atoms with Crippen LogP contribution in [0, 0.1) is 6.92 Å². The SMILES string of the molecule is CCN(CC)CCN1C(=O)C(=O)/C(=C(/O)c2c(C)nc3ccccn23)C1c1cc(Br)c(O)c(OC)c1. The first-order valence-corrected chi connectivity index (χ1v) is 12.5. The maximum Gasteiger partial charge on any atom is 0.295 e. The van der Waals surface area contributed by atoms with Gasteiger partial charge in [0.1, 0.15) is 11.3 Å². The Labute approximate surface area is 217 Å². The summed E-state index contributed by atoms with van der Waals surface area (Å²) >= 11 is 3.34. The molecule has 0 spiro atoms. The lowest BCUT2D eigenvalue weighted by atomic mass is 9.96. The van der Waals surface area contributed by atoms with Crippen LogP contribution in [-0.2, 0) is 9.59 Å². The van der Waals surface area contributed by atoms with Gasteiger partial charge in [0.05, 0.1) is 28.9 Å². The standard InChI is InChI=1S/C26H29BrN4O5/c1-5-29(6-2)11-12-31-22(16-13-17(27)23(32)18(14-16)36-4)20(25(34)26(31)35)24(33)21-15(3)28-19-9-7-8-10-30(19)21/h7-10,13-14,22,32-33H,5-6,11-12H2,1-4H3/b24-20+. The number of aliphatic hydroxyl groups is 1. The maximum absolute atomic E-state index is 13.4. The van der Waals surface area contributed by atoms with E-state index in [1.165, 1.54) is 12.0 Å². The van der Waals surface area contributed by atoms with Crippen molar-refractivity contribution in [2.45, 2.75) is 26.8 Å². The van der Waals surface area contributed by atoms with Gasteiger partial charge in [-0.2, -0.15) is 0 Å². The minimum atomic E-state index is -0.889. The highest BCUT2D eigenvalue weighted by Crippen LogP contribution is 2.44. The van der Waals surface area contributed by atoms with Gasteiger partial charge in [0.15, 0.2) is 17.3 Å². The maximum atomic E-state index is 13.4. The van der Waals surface area contributed by atoms with Crippen LogP contribution >= 0.6 is 15.9 Å². The molecule has 1 fully saturated rings. The molecule has 190 valence electrons. The Morgan fingerprint density at radius 3 is 2.61 bits per heavy atom. The number of aryl methyl sites for hydroxylation is 1. The van der Waals surface area contributed by atoms with Crippen molar-refractivity contribution in [3.8, 4) is 11.5 Å². The summed E-state index contributed by atoms with van der Waals surface area (Å²) in [5.74, 6) is -1.68. The van der Waals surface area contributed by atoms with Crippen molar-refractivity contribution in [1.29, 1.82) is 0 Å². The number of ether oxygens (including phenoxy) is 1. The number of phenolic OH excluding ortho intramolecular Hbond substituents is 1. The predicted octanol–water partition coefficient (Wildman–Crippen LogP) is 3.88. The summed E-state index contributed by atoms with van der Waals surface area (Å²) in [6.07, 6.45) is 1.75. The van der Waals surface area contributed by atoms with E-state index in [1.807, 2.05) is 19.9 Å². The number of hydrogen-bond donors (Lipinski definition) is 2. The highest BCUT2D eigenvalue weighted by molar-refractivity contribution is 9.10. The van der Waals surface area contributed by atoms with E-state index in [9.17, 15) is 19.8 Å². The molecule has 1 aliphatic heterocycles. The number of ketones is 1. The first-order valence-electron chi connectivity index (χ1n) is 11.7. The van der Waals surface area contributed by atoms with E-state index in [0.29, 0.717) is 33.6 Å². The van der Waals surface area contributed by atoms with Crippen molar-refractivity contribution in [3.63, 3.8) is 0 Å². The van der Waals surface area contributed by atoms with Gasteiger partial charge in [-0.05, 0) is 65.8 Å². The zero-order valence-corrected chi connectivity index (χ0v) is 22.2. The topological polar surface area (TPSA) is 108 Å². The van der Waals surface area contributed by atoms with Crippen LogP contribution in [0.4, 0.5) is 0 Å². The third-order valence-electron chi connectivity index (χ3n) is 6.61. The number of aromatic nitrogens is 2. The van der Waals surface area contributed by atoms with E-state index in [0.717, 1.165) is 13.1 Å². The summed E-state index contributed by atoms with van der Waals surface area (Å²) in [5, 5.41) is 21.9. The van der Waals surface area contributed by atoms with Crippen LogP contribution in [0.25, 0.3) is 11.4 Å². The molecule has 0 aliphatic carbocycles. The van der Waals surface area contributed by atoms with Crippen LogP contribution in [0.1, 0.15) is 36.8 Å². The summed E-state index contributed by atoms with van der Waals surface area (Å²) < 4.78 is 7.36. The fourth-order valence-corrected chi connectivity index (χ4v) is 5.14. The number of rotatable bonds is 8. The number of likely N-dealkylation sites (tertiary alicyclic amines) is 1. The van der Waals surface area contributed by atoms with Gasteiger partial charge in [0, 0.05) is 19.3 Å². The molecule has 2 aromatic heterocycles. The van der Waals surface area contributed by atoms with Crippen LogP contribution in [0.5, 0.6) is 11.5 Å². The van der Waals surface area contributed by atoms with Crippen molar-refractivity contribution >= 4 is 39.0 Å². The number of imidazole rings is 1. The van der Waals surface area contributed by atoms with Crippen molar-refractivity contribution in [1.82, 2.24) is 19.2 Å². The molecule has 0 saturated carbocycles. The Kier molecular flexibility index (Phi) is 7.37. The normalized spacial score (nSPS) is 17.5. The number of fused-ring (bicyclic) bond motifs is 1. The van der Waals surface area contributed by atoms with Crippen LogP contribution in [0.15, 0.2) is 46.6 Å². The molecule has 1 aliphatic rings. The van der Waals surface area contributed by atoms with E-state index in [2.05, 4.69) is 25.8 Å². The number of likely N-dealkylation sites (N-methyl/N-ethyl adjacent to an activating group) is 1. The summed E-state index contributed by atoms with van der Waals surface area (Å²) in [6.45, 7) is 8.24. The fourth-order valence-electron chi connectivity index (χ4n) is 4.68. The summed E-state index contributed by atoms with van der Waals surface area (Å²) in [4.78, 5) is 34.9. The van der Waals surface area contributed by atoms with Crippen molar-refractivity contribution in [2.75, 3.05) is 33.3 Å². The molecular weight excluding hydrogens is 528 g/mol. The highest BCUT2D eigenvalue weighted by Gasteiger charge is 2.47. The molecular formula is C26H29BrN4O5. The van der Waals surface area contributed by atoms with Crippen LogP contribution in [-0.4, -0.2) is 74.4 Å².